The molecule has 0 aliphatic carbocycles. The number of carbonyl (C=O) groups excluding carboxylic acids is 1. The third kappa shape index (κ3) is 2.76. The van der Waals surface area contributed by atoms with E-state index in [-0.39, 0.29) is 17.4 Å². The Morgan fingerprint density at radius 1 is 0.897 bits per heavy atom. The summed E-state index contributed by atoms with van der Waals surface area (Å²) in [5.74, 6) is 0.347. The lowest BCUT2D eigenvalue weighted by Crippen LogP contribution is -2.42. The van der Waals surface area contributed by atoms with Crippen molar-refractivity contribution in [1.82, 2.24) is 0 Å². The first kappa shape index (κ1) is 19.5. The third-order valence-corrected chi connectivity index (χ3v) is 6.29. The number of amides is 1. The second-order valence-electron chi connectivity index (χ2n) is 7.46. The first-order chi connectivity index (χ1) is 13.8. The fourth-order valence-electron chi connectivity index (χ4n) is 4.29. The monoisotopic (exact) mass is 451 g/mol. The van der Waals surface area contributed by atoms with Crippen molar-refractivity contribution in [2.45, 2.75) is 26.2 Å². The average molecular weight is 452 g/mol. The first-order valence-corrected chi connectivity index (χ1v) is 10.3. The maximum absolute atomic E-state index is 14.0. The van der Waals surface area contributed by atoms with E-state index >= 15 is 0 Å². The second-order valence-corrected chi connectivity index (χ2v) is 8.38. The van der Waals surface area contributed by atoms with Crippen molar-refractivity contribution in [1.29, 1.82) is 0 Å². The van der Waals surface area contributed by atoms with Crippen molar-refractivity contribution >= 4 is 27.5 Å². The summed E-state index contributed by atoms with van der Waals surface area (Å²) in [6.07, 6.45) is 0. The minimum absolute atomic E-state index is 0.0386. The molecular formula is C24H22BrNO3. The zero-order valence-electron chi connectivity index (χ0n) is 16.5. The van der Waals surface area contributed by atoms with Gasteiger partial charge >= 0.3 is 0 Å². The van der Waals surface area contributed by atoms with Crippen LogP contribution in [0.4, 0.5) is 5.69 Å². The highest BCUT2D eigenvalue weighted by Gasteiger charge is 2.53. The van der Waals surface area contributed by atoms with Crippen molar-refractivity contribution < 1.29 is 15.0 Å². The largest absolute Gasteiger partial charge is 0.508 e. The summed E-state index contributed by atoms with van der Waals surface area (Å²) < 4.78 is 0.886. The molecule has 0 saturated heterocycles. The first-order valence-electron chi connectivity index (χ1n) is 9.52. The van der Waals surface area contributed by atoms with Gasteiger partial charge in [0.2, 0.25) is 5.91 Å². The Bertz CT molecular complexity index is 1090. The summed E-state index contributed by atoms with van der Waals surface area (Å²) in [7, 11) is 0. The minimum atomic E-state index is -1.06. The summed E-state index contributed by atoms with van der Waals surface area (Å²) >= 11 is 3.57. The molecule has 0 saturated carbocycles. The van der Waals surface area contributed by atoms with E-state index in [1.54, 1.807) is 17.0 Å². The molecule has 0 aromatic heterocycles. The summed E-state index contributed by atoms with van der Waals surface area (Å²) in [6.45, 7) is 6.16. The molecule has 4 nitrogen and oxygen atoms in total. The zero-order valence-corrected chi connectivity index (χ0v) is 18.1. The summed E-state index contributed by atoms with van der Waals surface area (Å²) in [4.78, 5) is 15.8. The summed E-state index contributed by atoms with van der Waals surface area (Å²) in [5.41, 5.74) is 3.68. The minimum Gasteiger partial charge on any atom is -0.508 e. The predicted molar refractivity (Wildman–Crippen MR) is 118 cm³/mol. The zero-order chi connectivity index (χ0) is 20.9. The van der Waals surface area contributed by atoms with Gasteiger partial charge in [0.1, 0.15) is 16.9 Å². The standard InChI is InChI=1S/C24H22BrNO3/c1-4-26-20-8-7-18(25)13-19(20)24(23(26)29,16-5-9-21(27)14(2)11-16)17-6-10-22(28)15(3)12-17/h5-13,27-28H,4H2,1-3H3. The number of benzene rings is 3. The van der Waals surface area contributed by atoms with Gasteiger partial charge in [0, 0.05) is 22.3 Å². The van der Waals surface area contributed by atoms with Gasteiger partial charge in [-0.1, -0.05) is 40.2 Å². The van der Waals surface area contributed by atoms with Crippen molar-refractivity contribution in [2.75, 3.05) is 11.4 Å². The topological polar surface area (TPSA) is 60.8 Å². The van der Waals surface area contributed by atoms with Crippen molar-refractivity contribution in [3.8, 4) is 11.5 Å². The van der Waals surface area contributed by atoms with Gasteiger partial charge in [0.25, 0.3) is 0 Å². The molecule has 4 rings (SSSR count). The maximum atomic E-state index is 14.0. The summed E-state index contributed by atoms with van der Waals surface area (Å²) in [5, 5.41) is 20.2. The molecular weight excluding hydrogens is 430 g/mol. The Morgan fingerprint density at radius 2 is 1.45 bits per heavy atom. The number of nitrogens with zero attached hydrogens (tertiary/aromatic N) is 1. The SMILES string of the molecule is CCN1C(=O)C(c2ccc(O)c(C)c2)(c2ccc(O)c(C)c2)c2cc(Br)ccc21. The van der Waals surface area contributed by atoms with E-state index in [4.69, 9.17) is 0 Å². The average Bonchev–Trinajstić information content (AvgIpc) is 2.94. The highest BCUT2D eigenvalue weighted by Crippen LogP contribution is 2.52. The Morgan fingerprint density at radius 3 is 1.93 bits per heavy atom. The van der Waals surface area contributed by atoms with E-state index in [0.29, 0.717) is 17.7 Å². The van der Waals surface area contributed by atoms with E-state index < -0.39 is 5.41 Å². The van der Waals surface area contributed by atoms with E-state index in [1.165, 1.54) is 0 Å². The number of fused-ring (bicyclic) bond motifs is 1. The van der Waals surface area contributed by atoms with Crippen LogP contribution in [0.5, 0.6) is 11.5 Å². The number of phenolic OH excluding ortho intramolecular Hbond substituents is 2. The number of anilines is 1. The molecule has 0 fully saturated rings. The Kier molecular flexibility index (Phi) is 4.66. The number of carbonyl (C=O) groups is 1. The number of likely N-dealkylation sites (N-methyl/N-ethyl adjacent to an activating group) is 1. The molecule has 3 aromatic rings. The number of hydrogen-bond acceptors (Lipinski definition) is 3. The highest BCUT2D eigenvalue weighted by atomic mass is 79.9. The fraction of sp³-hybridized carbons (Fsp3) is 0.208. The van der Waals surface area contributed by atoms with E-state index in [9.17, 15) is 15.0 Å². The quantitative estimate of drug-likeness (QED) is 0.576. The summed E-state index contributed by atoms with van der Waals surface area (Å²) in [6, 6.07) is 16.5. The van der Waals surface area contributed by atoms with Gasteiger partial charge in [-0.3, -0.25) is 4.79 Å². The maximum Gasteiger partial charge on any atom is 0.246 e. The van der Waals surface area contributed by atoms with E-state index in [1.807, 2.05) is 63.2 Å². The lowest BCUT2D eigenvalue weighted by atomic mass is 9.69. The van der Waals surface area contributed by atoms with Gasteiger partial charge in [0.05, 0.1) is 0 Å². The van der Waals surface area contributed by atoms with Crippen molar-refractivity contribution in [3.05, 3.63) is 86.9 Å². The number of aryl methyl sites for hydroxylation is 2. The molecule has 0 spiro atoms. The number of rotatable bonds is 3. The molecule has 148 valence electrons. The fourth-order valence-corrected chi connectivity index (χ4v) is 4.65. The molecule has 29 heavy (non-hydrogen) atoms. The molecule has 0 bridgehead atoms. The van der Waals surface area contributed by atoms with Crippen LogP contribution in [0.25, 0.3) is 0 Å². The van der Waals surface area contributed by atoms with Gasteiger partial charge in [-0.25, -0.2) is 0 Å². The van der Waals surface area contributed by atoms with Crippen LogP contribution in [-0.2, 0) is 10.2 Å². The number of halogens is 1. The van der Waals surface area contributed by atoms with Gasteiger partial charge < -0.3 is 15.1 Å². The van der Waals surface area contributed by atoms with E-state index in [2.05, 4.69) is 15.9 Å². The molecule has 5 heteroatoms. The van der Waals surface area contributed by atoms with Crippen LogP contribution in [0.1, 0.15) is 34.7 Å². The van der Waals surface area contributed by atoms with Crippen molar-refractivity contribution in [3.63, 3.8) is 0 Å². The van der Waals surface area contributed by atoms with Crippen LogP contribution in [0.15, 0.2) is 59.1 Å². The lowest BCUT2D eigenvalue weighted by molar-refractivity contribution is -0.120. The smallest absolute Gasteiger partial charge is 0.246 e. The van der Waals surface area contributed by atoms with Crippen LogP contribution in [0.3, 0.4) is 0 Å². The van der Waals surface area contributed by atoms with Crippen molar-refractivity contribution in [2.24, 2.45) is 0 Å². The molecule has 3 aromatic carbocycles. The molecule has 0 radical (unpaired) electrons. The molecule has 1 aliphatic rings. The molecule has 0 unspecified atom stereocenters. The molecule has 1 amide bonds. The van der Waals surface area contributed by atoms with Crippen LogP contribution in [-0.4, -0.2) is 22.7 Å². The molecule has 1 aliphatic heterocycles. The van der Waals surface area contributed by atoms with Crippen LogP contribution >= 0.6 is 15.9 Å². The van der Waals surface area contributed by atoms with Gasteiger partial charge in [0.15, 0.2) is 0 Å². The lowest BCUT2D eigenvalue weighted by Gasteiger charge is -2.31. The van der Waals surface area contributed by atoms with Gasteiger partial charge in [-0.15, -0.1) is 0 Å². The van der Waals surface area contributed by atoms with Crippen LogP contribution in [0, 0.1) is 13.8 Å². The van der Waals surface area contributed by atoms with Gasteiger partial charge in [-0.2, -0.15) is 0 Å². The third-order valence-electron chi connectivity index (χ3n) is 5.80. The normalized spacial score (nSPS) is 14.9. The van der Waals surface area contributed by atoms with E-state index in [0.717, 1.165) is 26.9 Å². The predicted octanol–water partition coefficient (Wildman–Crippen LogP) is 5.18. The Labute approximate surface area is 178 Å². The Balaban J connectivity index is 2.14. The number of hydrogen-bond donors (Lipinski definition) is 2. The number of aromatic hydroxyl groups is 2. The second kappa shape index (κ2) is 6.92. The van der Waals surface area contributed by atoms with Crippen LogP contribution < -0.4 is 4.90 Å². The highest BCUT2D eigenvalue weighted by molar-refractivity contribution is 9.10. The molecule has 1 heterocycles. The molecule has 0 atom stereocenters. The van der Waals surface area contributed by atoms with Crippen LogP contribution in [0.2, 0.25) is 0 Å². The van der Waals surface area contributed by atoms with Gasteiger partial charge in [-0.05, 0) is 73.4 Å². The number of phenols is 2. The molecule has 2 N–H and O–H groups in total. The Hall–Kier alpha value is -2.79.